The van der Waals surface area contributed by atoms with Crippen molar-refractivity contribution in [3.8, 4) is 11.3 Å². The average Bonchev–Trinajstić information content (AvgIpc) is 3.44. The maximum atomic E-state index is 5.97. The molecular weight excluding hydrogens is 354 g/mol. The molecule has 2 aromatic rings. The molecule has 7 nitrogen and oxygen atoms in total. The van der Waals surface area contributed by atoms with Crippen molar-refractivity contribution in [1.82, 2.24) is 20.2 Å². The van der Waals surface area contributed by atoms with E-state index in [0.717, 1.165) is 62.1 Å². The fourth-order valence-electron chi connectivity index (χ4n) is 3.77. The number of ether oxygens (including phenoxy) is 2. The van der Waals surface area contributed by atoms with Gasteiger partial charge in [-0.1, -0.05) is 30.3 Å². The van der Waals surface area contributed by atoms with E-state index in [2.05, 4.69) is 39.2 Å². The molecule has 2 fully saturated rings. The molecule has 0 saturated carbocycles. The van der Waals surface area contributed by atoms with E-state index >= 15 is 0 Å². The first-order valence-corrected chi connectivity index (χ1v) is 10.2. The predicted molar refractivity (Wildman–Crippen MR) is 109 cm³/mol. The van der Waals surface area contributed by atoms with Gasteiger partial charge in [-0.2, -0.15) is 0 Å². The Balaban J connectivity index is 1.42. The number of nitrogens with zero attached hydrogens (tertiary/aromatic N) is 3. The number of hydrogen-bond donors (Lipinski definition) is 2. The van der Waals surface area contributed by atoms with Crippen molar-refractivity contribution in [2.75, 3.05) is 32.8 Å². The van der Waals surface area contributed by atoms with Crippen molar-refractivity contribution < 1.29 is 9.47 Å². The van der Waals surface area contributed by atoms with Gasteiger partial charge in [0.25, 0.3) is 0 Å². The smallest absolute Gasteiger partial charge is 0.194 e. The van der Waals surface area contributed by atoms with Gasteiger partial charge in [-0.15, -0.1) is 0 Å². The van der Waals surface area contributed by atoms with E-state index in [-0.39, 0.29) is 12.2 Å². The minimum atomic E-state index is 0.119. The summed E-state index contributed by atoms with van der Waals surface area (Å²) in [5.41, 5.74) is 2.14. The van der Waals surface area contributed by atoms with Crippen LogP contribution >= 0.6 is 0 Å². The van der Waals surface area contributed by atoms with Gasteiger partial charge < -0.3 is 24.7 Å². The topological polar surface area (TPSA) is 74.8 Å². The summed E-state index contributed by atoms with van der Waals surface area (Å²) in [5, 5.41) is 3.41. The molecule has 2 saturated heterocycles. The molecule has 2 unspecified atom stereocenters. The van der Waals surface area contributed by atoms with Crippen molar-refractivity contribution in [3.63, 3.8) is 0 Å². The third kappa shape index (κ3) is 4.54. The first-order chi connectivity index (χ1) is 13.8. The fourth-order valence-corrected chi connectivity index (χ4v) is 3.77. The zero-order valence-electron chi connectivity index (χ0n) is 16.4. The number of imidazole rings is 1. The van der Waals surface area contributed by atoms with Gasteiger partial charge in [0.05, 0.1) is 24.6 Å². The van der Waals surface area contributed by atoms with Gasteiger partial charge in [0.2, 0.25) is 0 Å². The summed E-state index contributed by atoms with van der Waals surface area (Å²) >= 11 is 0. The second kappa shape index (κ2) is 9.21. The molecular formula is C21H29N5O2. The standard InChI is InChI=1S/C21H29N5O2/c1-2-22-21(26-10-12-28-19(15-26)18-9-6-11-27-18)24-14-20-23-13-17(25-20)16-7-4-3-5-8-16/h3-5,7-8,13,18-19H,2,6,9-12,14-15H2,1H3,(H,22,24)(H,23,25). The van der Waals surface area contributed by atoms with E-state index in [4.69, 9.17) is 14.5 Å². The number of hydrogen-bond acceptors (Lipinski definition) is 4. The van der Waals surface area contributed by atoms with Crippen LogP contribution in [0.4, 0.5) is 0 Å². The zero-order chi connectivity index (χ0) is 19.2. The van der Waals surface area contributed by atoms with Crippen LogP contribution in [0, 0.1) is 0 Å². The highest BCUT2D eigenvalue weighted by atomic mass is 16.5. The van der Waals surface area contributed by atoms with Crippen LogP contribution in [0.25, 0.3) is 11.3 Å². The molecule has 28 heavy (non-hydrogen) atoms. The first kappa shape index (κ1) is 19.0. The van der Waals surface area contributed by atoms with Crippen LogP contribution in [0.3, 0.4) is 0 Å². The minimum absolute atomic E-state index is 0.119. The molecule has 0 bridgehead atoms. The van der Waals surface area contributed by atoms with Crippen LogP contribution < -0.4 is 5.32 Å². The normalized spacial score (nSPS) is 23.2. The van der Waals surface area contributed by atoms with E-state index in [1.165, 1.54) is 0 Å². The van der Waals surface area contributed by atoms with E-state index in [1.807, 2.05) is 24.4 Å². The Morgan fingerprint density at radius 2 is 2.11 bits per heavy atom. The molecule has 150 valence electrons. The number of aromatic nitrogens is 2. The highest BCUT2D eigenvalue weighted by molar-refractivity contribution is 5.80. The number of H-pyrrole nitrogens is 1. The van der Waals surface area contributed by atoms with Gasteiger partial charge in [-0.05, 0) is 25.3 Å². The van der Waals surface area contributed by atoms with Crippen LogP contribution in [0.1, 0.15) is 25.6 Å². The molecule has 1 aromatic carbocycles. The number of morpholine rings is 1. The number of rotatable bonds is 5. The summed E-state index contributed by atoms with van der Waals surface area (Å²) in [7, 11) is 0. The van der Waals surface area contributed by atoms with Crippen molar-refractivity contribution in [2.24, 2.45) is 4.99 Å². The molecule has 2 N–H and O–H groups in total. The molecule has 0 aliphatic carbocycles. The number of benzene rings is 1. The van der Waals surface area contributed by atoms with Gasteiger partial charge in [-0.3, -0.25) is 0 Å². The quantitative estimate of drug-likeness (QED) is 0.613. The second-order valence-corrected chi connectivity index (χ2v) is 7.19. The average molecular weight is 383 g/mol. The molecule has 1 aromatic heterocycles. The Morgan fingerprint density at radius 3 is 2.89 bits per heavy atom. The molecule has 0 amide bonds. The second-order valence-electron chi connectivity index (χ2n) is 7.19. The van der Waals surface area contributed by atoms with Crippen molar-refractivity contribution in [2.45, 2.75) is 38.5 Å². The number of guanidine groups is 1. The zero-order valence-corrected chi connectivity index (χ0v) is 16.4. The predicted octanol–water partition coefficient (Wildman–Crippen LogP) is 2.42. The summed E-state index contributed by atoms with van der Waals surface area (Å²) < 4.78 is 11.8. The number of aliphatic imine (C=N–C) groups is 1. The highest BCUT2D eigenvalue weighted by Crippen LogP contribution is 2.21. The molecule has 4 rings (SSSR count). The lowest BCUT2D eigenvalue weighted by Gasteiger charge is -2.37. The number of aromatic amines is 1. The molecule has 7 heteroatoms. The summed E-state index contributed by atoms with van der Waals surface area (Å²) in [4.78, 5) is 15.0. The van der Waals surface area contributed by atoms with Crippen LogP contribution in [0.2, 0.25) is 0 Å². The van der Waals surface area contributed by atoms with E-state index < -0.39 is 0 Å². The lowest BCUT2D eigenvalue weighted by molar-refractivity contribution is -0.0817. The largest absolute Gasteiger partial charge is 0.375 e. The van der Waals surface area contributed by atoms with Gasteiger partial charge in [0.1, 0.15) is 18.5 Å². The van der Waals surface area contributed by atoms with Crippen molar-refractivity contribution in [3.05, 3.63) is 42.4 Å². The summed E-state index contributed by atoms with van der Waals surface area (Å²) in [5.74, 6) is 1.77. The molecule has 0 spiro atoms. The van der Waals surface area contributed by atoms with Gasteiger partial charge in [0, 0.05) is 26.2 Å². The first-order valence-electron chi connectivity index (χ1n) is 10.2. The molecule has 2 aliphatic heterocycles. The third-order valence-corrected chi connectivity index (χ3v) is 5.20. The monoisotopic (exact) mass is 383 g/mol. The molecule has 3 heterocycles. The Kier molecular flexibility index (Phi) is 6.24. The lowest BCUT2D eigenvalue weighted by Crippen LogP contribution is -2.53. The third-order valence-electron chi connectivity index (χ3n) is 5.20. The van der Waals surface area contributed by atoms with Crippen LogP contribution in [0.5, 0.6) is 0 Å². The van der Waals surface area contributed by atoms with Crippen LogP contribution in [-0.4, -0.2) is 65.9 Å². The Morgan fingerprint density at radius 1 is 1.25 bits per heavy atom. The van der Waals surface area contributed by atoms with E-state index in [0.29, 0.717) is 13.2 Å². The highest BCUT2D eigenvalue weighted by Gasteiger charge is 2.32. The molecule has 2 aliphatic rings. The Hall–Kier alpha value is -2.38. The summed E-state index contributed by atoms with van der Waals surface area (Å²) in [6, 6.07) is 10.2. The Bertz CT molecular complexity index is 770. The van der Waals surface area contributed by atoms with E-state index in [9.17, 15) is 0 Å². The maximum Gasteiger partial charge on any atom is 0.194 e. The fraction of sp³-hybridized carbons (Fsp3) is 0.524. The van der Waals surface area contributed by atoms with Crippen LogP contribution in [0.15, 0.2) is 41.5 Å². The molecule has 2 atom stereocenters. The van der Waals surface area contributed by atoms with Crippen molar-refractivity contribution in [1.29, 1.82) is 0 Å². The van der Waals surface area contributed by atoms with Crippen molar-refractivity contribution >= 4 is 5.96 Å². The minimum Gasteiger partial charge on any atom is -0.375 e. The maximum absolute atomic E-state index is 5.97. The Labute approximate surface area is 166 Å². The van der Waals surface area contributed by atoms with Gasteiger partial charge >= 0.3 is 0 Å². The van der Waals surface area contributed by atoms with Gasteiger partial charge in [0.15, 0.2) is 5.96 Å². The molecule has 0 radical (unpaired) electrons. The van der Waals surface area contributed by atoms with Gasteiger partial charge in [-0.25, -0.2) is 9.98 Å². The van der Waals surface area contributed by atoms with Crippen LogP contribution in [-0.2, 0) is 16.0 Å². The lowest BCUT2D eigenvalue weighted by atomic mass is 10.1. The number of nitrogens with one attached hydrogen (secondary N) is 2. The SMILES string of the molecule is CCNC(=NCc1ncc(-c2ccccc2)[nH]1)N1CCOC(C2CCCO2)C1. The summed E-state index contributed by atoms with van der Waals surface area (Å²) in [6.45, 7) is 6.63. The van der Waals surface area contributed by atoms with E-state index in [1.54, 1.807) is 0 Å². The summed E-state index contributed by atoms with van der Waals surface area (Å²) in [6.07, 6.45) is 4.41.